The molecular formula is C14H22N2O2. The lowest BCUT2D eigenvalue weighted by Gasteiger charge is -2.15. The molecule has 0 aromatic heterocycles. The fraction of sp³-hybridized carbons (Fsp3) is 0.500. The Hall–Kier alpha value is -1.39. The smallest absolute Gasteiger partial charge is 0.237 e. The predicted molar refractivity (Wildman–Crippen MR) is 72.2 cm³/mol. The van der Waals surface area contributed by atoms with E-state index in [2.05, 4.69) is 5.32 Å². The number of nitrogens with two attached hydrogens (primary N) is 1. The van der Waals surface area contributed by atoms with E-state index < -0.39 is 6.04 Å². The quantitative estimate of drug-likeness (QED) is 0.757. The van der Waals surface area contributed by atoms with Gasteiger partial charge in [-0.15, -0.1) is 0 Å². The van der Waals surface area contributed by atoms with Crippen LogP contribution in [0.1, 0.15) is 12.5 Å². The van der Waals surface area contributed by atoms with Crippen LogP contribution in [0.2, 0.25) is 0 Å². The fourth-order valence-corrected chi connectivity index (χ4v) is 1.71. The van der Waals surface area contributed by atoms with Crippen LogP contribution in [0.15, 0.2) is 30.3 Å². The van der Waals surface area contributed by atoms with Gasteiger partial charge in [0.1, 0.15) is 0 Å². The zero-order valence-corrected chi connectivity index (χ0v) is 11.1. The molecule has 3 N–H and O–H groups in total. The molecule has 0 saturated heterocycles. The van der Waals surface area contributed by atoms with Crippen LogP contribution in [-0.2, 0) is 16.0 Å². The van der Waals surface area contributed by atoms with Crippen LogP contribution < -0.4 is 11.1 Å². The molecule has 1 amide bonds. The maximum absolute atomic E-state index is 11.8. The number of amides is 1. The Labute approximate surface area is 109 Å². The second-order valence-corrected chi connectivity index (χ2v) is 4.60. The summed E-state index contributed by atoms with van der Waals surface area (Å²) in [6.07, 6.45) is 0.561. The van der Waals surface area contributed by atoms with Crippen molar-refractivity contribution in [2.45, 2.75) is 19.4 Å². The number of carbonyl (C=O) groups excluding carboxylic acids is 1. The van der Waals surface area contributed by atoms with Gasteiger partial charge < -0.3 is 15.8 Å². The van der Waals surface area contributed by atoms with E-state index in [0.29, 0.717) is 25.5 Å². The molecule has 0 aliphatic rings. The van der Waals surface area contributed by atoms with E-state index in [1.54, 1.807) is 7.11 Å². The van der Waals surface area contributed by atoms with E-state index >= 15 is 0 Å². The molecule has 0 aliphatic heterocycles. The largest absolute Gasteiger partial charge is 0.384 e. The van der Waals surface area contributed by atoms with Crippen LogP contribution in [0.25, 0.3) is 0 Å². The number of nitrogens with one attached hydrogen (secondary N) is 1. The maximum atomic E-state index is 11.8. The molecule has 4 heteroatoms. The molecular weight excluding hydrogens is 228 g/mol. The number of ether oxygens (including phenoxy) is 1. The first-order valence-electron chi connectivity index (χ1n) is 6.19. The molecule has 100 valence electrons. The van der Waals surface area contributed by atoms with Crippen LogP contribution in [0.4, 0.5) is 0 Å². The average molecular weight is 250 g/mol. The van der Waals surface area contributed by atoms with Crippen LogP contribution in [0.3, 0.4) is 0 Å². The summed E-state index contributed by atoms with van der Waals surface area (Å²) in [4.78, 5) is 11.8. The van der Waals surface area contributed by atoms with Crippen LogP contribution in [0.5, 0.6) is 0 Å². The summed E-state index contributed by atoms with van der Waals surface area (Å²) in [5.74, 6) is 0.185. The molecule has 0 saturated carbocycles. The minimum atomic E-state index is -0.498. The zero-order valence-electron chi connectivity index (χ0n) is 11.1. The summed E-state index contributed by atoms with van der Waals surface area (Å²) in [7, 11) is 1.65. The number of benzene rings is 1. The van der Waals surface area contributed by atoms with Gasteiger partial charge in [0, 0.05) is 13.7 Å². The molecule has 0 bridgehead atoms. The van der Waals surface area contributed by atoms with Crippen molar-refractivity contribution >= 4 is 5.91 Å². The highest BCUT2D eigenvalue weighted by Gasteiger charge is 2.14. The van der Waals surface area contributed by atoms with E-state index in [4.69, 9.17) is 10.5 Å². The van der Waals surface area contributed by atoms with Crippen molar-refractivity contribution in [2.24, 2.45) is 11.7 Å². The molecule has 1 aromatic carbocycles. The molecule has 1 unspecified atom stereocenters. The monoisotopic (exact) mass is 250 g/mol. The molecule has 2 atom stereocenters. The van der Waals surface area contributed by atoms with E-state index in [1.165, 1.54) is 0 Å². The van der Waals surface area contributed by atoms with Crippen LogP contribution >= 0.6 is 0 Å². The lowest BCUT2D eigenvalue weighted by atomic mass is 10.1. The Bertz CT molecular complexity index is 354. The van der Waals surface area contributed by atoms with Gasteiger partial charge in [0.25, 0.3) is 0 Å². The number of rotatable bonds is 7. The third-order valence-corrected chi connectivity index (χ3v) is 2.71. The van der Waals surface area contributed by atoms with Crippen molar-refractivity contribution in [1.29, 1.82) is 0 Å². The molecule has 0 fully saturated rings. The number of methoxy groups -OCH3 is 1. The van der Waals surface area contributed by atoms with E-state index in [-0.39, 0.29) is 5.91 Å². The summed E-state index contributed by atoms with van der Waals surface area (Å²) in [6, 6.07) is 9.28. The third-order valence-electron chi connectivity index (χ3n) is 2.71. The lowest BCUT2D eigenvalue weighted by molar-refractivity contribution is -0.122. The van der Waals surface area contributed by atoms with E-state index in [0.717, 1.165) is 5.56 Å². The van der Waals surface area contributed by atoms with Gasteiger partial charge >= 0.3 is 0 Å². The van der Waals surface area contributed by atoms with Crippen molar-refractivity contribution in [3.8, 4) is 0 Å². The Kier molecular flexibility index (Phi) is 6.39. The van der Waals surface area contributed by atoms with Crippen LogP contribution in [-0.4, -0.2) is 32.2 Å². The van der Waals surface area contributed by atoms with E-state index in [1.807, 2.05) is 37.3 Å². The summed E-state index contributed by atoms with van der Waals surface area (Å²) >= 11 is 0. The number of hydrogen-bond donors (Lipinski definition) is 2. The minimum Gasteiger partial charge on any atom is -0.384 e. The van der Waals surface area contributed by atoms with Gasteiger partial charge in [-0.3, -0.25) is 4.79 Å². The molecule has 1 aromatic rings. The zero-order chi connectivity index (χ0) is 13.4. The number of carbonyl (C=O) groups is 1. The van der Waals surface area contributed by atoms with Gasteiger partial charge in [0.15, 0.2) is 0 Å². The highest BCUT2D eigenvalue weighted by Crippen LogP contribution is 2.02. The predicted octanol–water partition coefficient (Wildman–Crippen LogP) is 0.955. The van der Waals surface area contributed by atoms with Crippen molar-refractivity contribution < 1.29 is 9.53 Å². The summed E-state index contributed by atoms with van der Waals surface area (Å²) in [6.45, 7) is 3.25. The van der Waals surface area contributed by atoms with Gasteiger partial charge in [-0.05, 0) is 17.9 Å². The molecule has 4 nitrogen and oxygen atoms in total. The summed E-state index contributed by atoms with van der Waals surface area (Å²) in [5.41, 5.74) is 6.94. The topological polar surface area (TPSA) is 64.3 Å². The Morgan fingerprint density at radius 3 is 2.67 bits per heavy atom. The molecule has 0 aliphatic carbocycles. The Balaban J connectivity index is 2.33. The second-order valence-electron chi connectivity index (χ2n) is 4.60. The molecule has 0 radical (unpaired) electrons. The van der Waals surface area contributed by atoms with Crippen molar-refractivity contribution in [2.75, 3.05) is 20.3 Å². The number of hydrogen-bond acceptors (Lipinski definition) is 3. The Morgan fingerprint density at radius 1 is 1.39 bits per heavy atom. The van der Waals surface area contributed by atoms with Gasteiger partial charge in [-0.25, -0.2) is 0 Å². The third kappa shape index (κ3) is 5.29. The normalized spacial score (nSPS) is 13.9. The van der Waals surface area contributed by atoms with Gasteiger partial charge in [0.2, 0.25) is 5.91 Å². The van der Waals surface area contributed by atoms with Gasteiger partial charge in [-0.2, -0.15) is 0 Å². The van der Waals surface area contributed by atoms with E-state index in [9.17, 15) is 4.79 Å². The van der Waals surface area contributed by atoms with Crippen molar-refractivity contribution in [3.05, 3.63) is 35.9 Å². The van der Waals surface area contributed by atoms with Gasteiger partial charge in [0.05, 0.1) is 12.6 Å². The summed E-state index contributed by atoms with van der Waals surface area (Å²) in [5, 5.41) is 2.84. The molecule has 0 heterocycles. The first-order valence-corrected chi connectivity index (χ1v) is 6.19. The standard InChI is InChI=1S/C14H22N2O2/c1-11(10-18-2)9-16-14(17)13(15)8-12-6-4-3-5-7-12/h3-7,11,13H,8-10,15H2,1-2H3,(H,16,17)/t11?,13-/m0/s1. The minimum absolute atomic E-state index is 0.109. The summed E-state index contributed by atoms with van der Waals surface area (Å²) < 4.78 is 5.01. The average Bonchev–Trinajstić information content (AvgIpc) is 2.37. The second kappa shape index (κ2) is 7.84. The maximum Gasteiger partial charge on any atom is 0.237 e. The SMILES string of the molecule is COCC(C)CNC(=O)[C@@H](N)Cc1ccccc1. The van der Waals surface area contributed by atoms with Gasteiger partial charge in [-0.1, -0.05) is 37.3 Å². The molecule has 0 spiro atoms. The first-order chi connectivity index (χ1) is 8.63. The highest BCUT2D eigenvalue weighted by molar-refractivity contribution is 5.81. The van der Waals surface area contributed by atoms with Crippen LogP contribution in [0, 0.1) is 5.92 Å². The molecule has 18 heavy (non-hydrogen) atoms. The lowest BCUT2D eigenvalue weighted by Crippen LogP contribution is -2.43. The Morgan fingerprint density at radius 2 is 2.06 bits per heavy atom. The fourth-order valence-electron chi connectivity index (χ4n) is 1.71. The molecule has 1 rings (SSSR count). The van der Waals surface area contributed by atoms with Crippen molar-refractivity contribution in [3.63, 3.8) is 0 Å². The first kappa shape index (κ1) is 14.7. The van der Waals surface area contributed by atoms with Crippen molar-refractivity contribution in [1.82, 2.24) is 5.32 Å². The highest BCUT2D eigenvalue weighted by atomic mass is 16.5.